The highest BCUT2D eigenvalue weighted by Gasteiger charge is 2.39. The van der Waals surface area contributed by atoms with Crippen molar-refractivity contribution >= 4 is 5.97 Å². The normalized spacial score (nSPS) is 40.2. The summed E-state index contributed by atoms with van der Waals surface area (Å²) in [4.78, 5) is 11.0. The van der Waals surface area contributed by atoms with Gasteiger partial charge in [-0.2, -0.15) is 0 Å². The lowest BCUT2D eigenvalue weighted by molar-refractivity contribution is -0.150. The second kappa shape index (κ2) is 4.09. The Morgan fingerprint density at radius 1 is 1.46 bits per heavy atom. The predicted molar refractivity (Wildman–Crippen MR) is 49.3 cm³/mol. The van der Waals surface area contributed by atoms with Crippen LogP contribution in [0, 0.1) is 17.8 Å². The summed E-state index contributed by atoms with van der Waals surface area (Å²) in [7, 11) is 0. The molecule has 0 bridgehead atoms. The van der Waals surface area contributed by atoms with E-state index >= 15 is 0 Å². The number of hydrogen-bond acceptors (Lipinski definition) is 2. The van der Waals surface area contributed by atoms with Crippen LogP contribution in [0.3, 0.4) is 0 Å². The third-order valence-corrected chi connectivity index (χ3v) is 3.24. The molecule has 0 amide bonds. The molecule has 0 aromatic heterocycles. The Bertz CT molecular complexity index is 191. The van der Waals surface area contributed by atoms with E-state index in [1.54, 1.807) is 0 Å². The lowest BCUT2D eigenvalue weighted by atomic mass is 9.70. The highest BCUT2D eigenvalue weighted by atomic mass is 16.4. The molecule has 4 atom stereocenters. The Labute approximate surface area is 78.8 Å². The summed E-state index contributed by atoms with van der Waals surface area (Å²) in [5, 5.41) is 18.7. The van der Waals surface area contributed by atoms with Crippen molar-refractivity contribution in [1.29, 1.82) is 0 Å². The van der Waals surface area contributed by atoms with Gasteiger partial charge in [0, 0.05) is 0 Å². The molecule has 1 fully saturated rings. The van der Waals surface area contributed by atoms with Crippen LogP contribution in [-0.2, 0) is 4.79 Å². The van der Waals surface area contributed by atoms with Crippen LogP contribution in [0.1, 0.15) is 33.1 Å². The maximum Gasteiger partial charge on any atom is 0.307 e. The molecule has 0 heterocycles. The molecular weight excluding hydrogens is 168 g/mol. The largest absolute Gasteiger partial charge is 0.481 e. The molecule has 1 rings (SSSR count). The minimum absolute atomic E-state index is 0.0544. The van der Waals surface area contributed by atoms with Gasteiger partial charge in [-0.25, -0.2) is 0 Å². The van der Waals surface area contributed by atoms with Crippen LogP contribution in [0.2, 0.25) is 0 Å². The van der Waals surface area contributed by atoms with Crippen molar-refractivity contribution in [2.75, 3.05) is 0 Å². The second-order valence-electron chi connectivity index (χ2n) is 4.06. The first-order valence-electron chi connectivity index (χ1n) is 4.98. The molecule has 1 saturated carbocycles. The monoisotopic (exact) mass is 186 g/mol. The Kier molecular flexibility index (Phi) is 3.31. The molecule has 0 aliphatic heterocycles. The van der Waals surface area contributed by atoms with E-state index in [1.165, 1.54) is 0 Å². The van der Waals surface area contributed by atoms with Gasteiger partial charge in [0.05, 0.1) is 12.0 Å². The molecule has 0 aromatic carbocycles. The van der Waals surface area contributed by atoms with Gasteiger partial charge in [0.2, 0.25) is 0 Å². The molecule has 0 aromatic rings. The summed E-state index contributed by atoms with van der Waals surface area (Å²) >= 11 is 0. The third-order valence-electron chi connectivity index (χ3n) is 3.24. The maximum absolute atomic E-state index is 11.0. The van der Waals surface area contributed by atoms with Gasteiger partial charge in [0.25, 0.3) is 0 Å². The van der Waals surface area contributed by atoms with E-state index in [9.17, 15) is 9.90 Å². The number of carboxylic acids is 1. The molecule has 3 nitrogen and oxygen atoms in total. The van der Waals surface area contributed by atoms with E-state index in [0.717, 1.165) is 19.3 Å². The molecule has 2 N–H and O–H groups in total. The number of carboxylic acid groups (broad SMARTS) is 1. The van der Waals surface area contributed by atoms with Gasteiger partial charge in [-0.15, -0.1) is 0 Å². The minimum Gasteiger partial charge on any atom is -0.481 e. The third kappa shape index (κ3) is 2.02. The lowest BCUT2D eigenvalue weighted by Gasteiger charge is -2.36. The first-order valence-corrected chi connectivity index (χ1v) is 4.98. The highest BCUT2D eigenvalue weighted by Crippen LogP contribution is 2.36. The first-order chi connectivity index (χ1) is 6.07. The quantitative estimate of drug-likeness (QED) is 0.687. The summed E-state index contributed by atoms with van der Waals surface area (Å²) in [5.41, 5.74) is 0. The molecule has 4 unspecified atom stereocenters. The van der Waals surface area contributed by atoms with E-state index in [1.807, 2.05) is 13.8 Å². The van der Waals surface area contributed by atoms with Crippen molar-refractivity contribution in [3.8, 4) is 0 Å². The van der Waals surface area contributed by atoms with Crippen LogP contribution < -0.4 is 0 Å². The molecule has 0 saturated heterocycles. The molecule has 1 aliphatic rings. The molecular formula is C10H18O3. The van der Waals surface area contributed by atoms with E-state index in [0.29, 0.717) is 0 Å². The number of carbonyl (C=O) groups is 1. The van der Waals surface area contributed by atoms with E-state index in [4.69, 9.17) is 5.11 Å². The number of aliphatic carboxylic acids is 1. The average molecular weight is 186 g/mol. The van der Waals surface area contributed by atoms with Gasteiger partial charge in [-0.3, -0.25) is 4.79 Å². The topological polar surface area (TPSA) is 57.5 Å². The molecule has 3 heteroatoms. The molecule has 0 spiro atoms. The Morgan fingerprint density at radius 3 is 2.46 bits per heavy atom. The zero-order valence-corrected chi connectivity index (χ0v) is 8.23. The van der Waals surface area contributed by atoms with Gasteiger partial charge in [-0.1, -0.05) is 20.3 Å². The molecule has 76 valence electrons. The summed E-state index contributed by atoms with van der Waals surface area (Å²) < 4.78 is 0. The van der Waals surface area contributed by atoms with Crippen LogP contribution in [0.15, 0.2) is 0 Å². The fourth-order valence-corrected chi connectivity index (χ4v) is 2.44. The molecule has 13 heavy (non-hydrogen) atoms. The van der Waals surface area contributed by atoms with Crippen LogP contribution in [0.25, 0.3) is 0 Å². The summed E-state index contributed by atoms with van der Waals surface area (Å²) in [6.07, 6.45) is 1.92. The van der Waals surface area contributed by atoms with Gasteiger partial charge >= 0.3 is 5.97 Å². The van der Waals surface area contributed by atoms with Crippen molar-refractivity contribution in [2.24, 2.45) is 17.8 Å². The summed E-state index contributed by atoms with van der Waals surface area (Å²) in [6, 6.07) is 0. The zero-order valence-electron chi connectivity index (χ0n) is 8.23. The predicted octanol–water partition coefficient (Wildman–Crippen LogP) is 1.50. The van der Waals surface area contributed by atoms with E-state index in [2.05, 4.69) is 0 Å². The standard InChI is InChI=1S/C10H18O3/c1-3-7-8(11)5-4-6(2)9(7)10(12)13/h6-9,11H,3-5H2,1-2H3,(H,12,13). The smallest absolute Gasteiger partial charge is 0.307 e. The first kappa shape index (κ1) is 10.5. The van der Waals surface area contributed by atoms with Crippen molar-refractivity contribution in [2.45, 2.75) is 39.2 Å². The van der Waals surface area contributed by atoms with Crippen LogP contribution in [0.5, 0.6) is 0 Å². The molecule has 1 aliphatic carbocycles. The Morgan fingerprint density at radius 2 is 2.08 bits per heavy atom. The van der Waals surface area contributed by atoms with Crippen molar-refractivity contribution in [3.63, 3.8) is 0 Å². The maximum atomic E-state index is 11.0. The van der Waals surface area contributed by atoms with Crippen molar-refractivity contribution in [3.05, 3.63) is 0 Å². The van der Waals surface area contributed by atoms with Gasteiger partial charge in [0.1, 0.15) is 0 Å². The van der Waals surface area contributed by atoms with E-state index < -0.39 is 12.1 Å². The van der Waals surface area contributed by atoms with Crippen LogP contribution >= 0.6 is 0 Å². The Balaban J connectivity index is 2.77. The second-order valence-corrected chi connectivity index (χ2v) is 4.06. The highest BCUT2D eigenvalue weighted by molar-refractivity contribution is 5.71. The fraction of sp³-hybridized carbons (Fsp3) is 0.900. The SMILES string of the molecule is CCC1C(O)CCC(C)C1C(=O)O. The van der Waals surface area contributed by atoms with Crippen LogP contribution in [-0.4, -0.2) is 22.3 Å². The summed E-state index contributed by atoms with van der Waals surface area (Å²) in [5.74, 6) is -0.959. The van der Waals surface area contributed by atoms with Gasteiger partial charge in [0.15, 0.2) is 0 Å². The van der Waals surface area contributed by atoms with Crippen molar-refractivity contribution < 1.29 is 15.0 Å². The molecule has 0 radical (unpaired) electrons. The van der Waals surface area contributed by atoms with Crippen molar-refractivity contribution in [1.82, 2.24) is 0 Å². The fourth-order valence-electron chi connectivity index (χ4n) is 2.44. The zero-order chi connectivity index (χ0) is 10.0. The minimum atomic E-state index is -0.752. The number of rotatable bonds is 2. The Hall–Kier alpha value is -0.570. The number of aliphatic hydroxyl groups is 1. The van der Waals surface area contributed by atoms with E-state index in [-0.39, 0.29) is 17.8 Å². The lowest BCUT2D eigenvalue weighted by Crippen LogP contribution is -2.40. The number of hydrogen-bond donors (Lipinski definition) is 2. The summed E-state index contributed by atoms with van der Waals surface area (Å²) in [6.45, 7) is 3.91. The van der Waals surface area contributed by atoms with Gasteiger partial charge in [-0.05, 0) is 24.7 Å². The van der Waals surface area contributed by atoms with Gasteiger partial charge < -0.3 is 10.2 Å². The van der Waals surface area contributed by atoms with Crippen LogP contribution in [0.4, 0.5) is 0 Å². The number of aliphatic hydroxyl groups excluding tert-OH is 1. The average Bonchev–Trinajstić information content (AvgIpc) is 2.07.